The van der Waals surface area contributed by atoms with Crippen molar-refractivity contribution in [2.24, 2.45) is 0 Å². The van der Waals surface area contributed by atoms with Crippen molar-refractivity contribution < 1.29 is 9.52 Å². The Kier molecular flexibility index (Phi) is 5.66. The van der Waals surface area contributed by atoms with E-state index in [1.807, 2.05) is 25.1 Å². The quantitative estimate of drug-likeness (QED) is 0.514. The molecule has 1 aromatic heterocycles. The Hall–Kier alpha value is -2.01. The molecule has 1 heterocycles. The summed E-state index contributed by atoms with van der Waals surface area (Å²) in [5, 5.41) is 14.9. The summed E-state index contributed by atoms with van der Waals surface area (Å²) in [7, 11) is 0. The van der Waals surface area contributed by atoms with Crippen molar-refractivity contribution in [1.82, 2.24) is 0 Å². The smallest absolute Gasteiger partial charge is 0.252 e. The summed E-state index contributed by atoms with van der Waals surface area (Å²) in [5.74, 6) is 0.223. The second kappa shape index (κ2) is 7.51. The van der Waals surface area contributed by atoms with E-state index >= 15 is 0 Å². The zero-order valence-corrected chi connectivity index (χ0v) is 14.7. The molecule has 0 aliphatic rings. The molecule has 0 radical (unpaired) electrons. The van der Waals surface area contributed by atoms with Crippen molar-refractivity contribution in [1.29, 1.82) is 0 Å². The number of amides is 1. The summed E-state index contributed by atoms with van der Waals surface area (Å²) >= 11 is 1.26. The van der Waals surface area contributed by atoms with Gasteiger partial charge in [-0.05, 0) is 48.7 Å². The molecule has 122 valence electrons. The monoisotopic (exact) mass is 330 g/mol. The number of hydrogen-bond donors (Lipinski definition) is 1. The lowest BCUT2D eigenvalue weighted by Crippen LogP contribution is -2.31. The van der Waals surface area contributed by atoms with Crippen molar-refractivity contribution in [2.45, 2.75) is 43.9 Å². The van der Waals surface area contributed by atoms with E-state index in [-0.39, 0.29) is 11.2 Å². The van der Waals surface area contributed by atoms with Crippen LogP contribution in [0.25, 0.3) is 0 Å². The zero-order chi connectivity index (χ0) is 17.0. The average molecular weight is 330 g/mol. The van der Waals surface area contributed by atoms with Gasteiger partial charge in [-0.15, -0.1) is 0 Å². The normalized spacial score (nSPS) is 12.2. The lowest BCUT2D eigenvalue weighted by molar-refractivity contribution is -0.645. The average Bonchev–Trinajstić information content (AvgIpc) is 2.51. The number of carbonyl (C=O) groups excluding carboxylic acids is 1. The number of aromatic nitrogens is 1. The molecule has 1 amide bonds. The zero-order valence-electron chi connectivity index (χ0n) is 13.9. The van der Waals surface area contributed by atoms with E-state index in [1.165, 1.54) is 18.0 Å². The van der Waals surface area contributed by atoms with Crippen LogP contribution >= 0.6 is 11.8 Å². The fourth-order valence-corrected chi connectivity index (χ4v) is 3.16. The largest absolute Gasteiger partial charge is 0.618 e. The van der Waals surface area contributed by atoms with Crippen LogP contribution in [0.4, 0.5) is 5.69 Å². The van der Waals surface area contributed by atoms with Gasteiger partial charge in [0.1, 0.15) is 0 Å². The third-order valence-corrected chi connectivity index (χ3v) is 4.76. The molecule has 1 aromatic carbocycles. The molecule has 0 saturated heterocycles. The van der Waals surface area contributed by atoms with Crippen LogP contribution in [0.15, 0.2) is 47.6 Å². The Balaban J connectivity index is 2.15. The minimum atomic E-state index is -0.364. The molecule has 1 atom stereocenters. The second-order valence-corrected chi connectivity index (χ2v) is 7.17. The fraction of sp³-hybridized carbons (Fsp3) is 0.333. The van der Waals surface area contributed by atoms with Gasteiger partial charge in [0.2, 0.25) is 5.91 Å². The standard InChI is InChI=1S/C18H22N2O2S/c1-12(2)15-9-7-8-13(3)17(15)19-18(21)14(4)23-16-10-5-6-11-20(16)22/h5-12,14H,1-4H3,(H,19,21). The fourth-order valence-electron chi connectivity index (χ4n) is 2.31. The first-order valence-corrected chi connectivity index (χ1v) is 8.53. The second-order valence-electron chi connectivity index (χ2n) is 5.81. The Morgan fingerprint density at radius 2 is 1.91 bits per heavy atom. The van der Waals surface area contributed by atoms with E-state index in [9.17, 15) is 10.0 Å². The first-order valence-electron chi connectivity index (χ1n) is 7.65. The van der Waals surface area contributed by atoms with Gasteiger partial charge in [-0.2, -0.15) is 4.73 Å². The topological polar surface area (TPSA) is 56.0 Å². The van der Waals surface area contributed by atoms with E-state index in [1.54, 1.807) is 25.1 Å². The van der Waals surface area contributed by atoms with Gasteiger partial charge in [-0.3, -0.25) is 4.79 Å². The van der Waals surface area contributed by atoms with Gasteiger partial charge in [0.25, 0.3) is 5.03 Å². The molecule has 1 unspecified atom stereocenters. The molecule has 2 aromatic rings. The Morgan fingerprint density at radius 1 is 1.17 bits per heavy atom. The number of nitrogens with zero attached hydrogens (tertiary/aromatic N) is 1. The van der Waals surface area contributed by atoms with Crippen LogP contribution < -0.4 is 10.0 Å². The number of carbonyl (C=O) groups is 1. The molecule has 4 nitrogen and oxygen atoms in total. The van der Waals surface area contributed by atoms with Crippen molar-refractivity contribution in [2.75, 3.05) is 5.32 Å². The van der Waals surface area contributed by atoms with Gasteiger partial charge >= 0.3 is 0 Å². The van der Waals surface area contributed by atoms with Gasteiger partial charge in [0.15, 0.2) is 6.20 Å². The van der Waals surface area contributed by atoms with Gasteiger partial charge in [-0.25, -0.2) is 0 Å². The van der Waals surface area contributed by atoms with Crippen LogP contribution in [0.3, 0.4) is 0 Å². The van der Waals surface area contributed by atoms with E-state index in [2.05, 4.69) is 19.2 Å². The number of pyridine rings is 1. The van der Waals surface area contributed by atoms with E-state index in [0.29, 0.717) is 10.9 Å². The third-order valence-electron chi connectivity index (χ3n) is 3.63. The Labute approximate surface area is 141 Å². The minimum absolute atomic E-state index is 0.102. The predicted molar refractivity (Wildman–Crippen MR) is 94.6 cm³/mol. The summed E-state index contributed by atoms with van der Waals surface area (Å²) < 4.78 is 0.780. The van der Waals surface area contributed by atoms with Crippen molar-refractivity contribution >= 4 is 23.4 Å². The molecule has 0 saturated carbocycles. The van der Waals surface area contributed by atoms with Crippen molar-refractivity contribution in [3.05, 3.63) is 58.9 Å². The molecule has 0 spiro atoms. The third kappa shape index (κ3) is 4.26. The number of para-hydroxylation sites is 1. The highest BCUT2D eigenvalue weighted by molar-refractivity contribution is 8.00. The molecule has 0 aliphatic carbocycles. The molecular formula is C18H22N2O2S. The van der Waals surface area contributed by atoms with Gasteiger partial charge in [-0.1, -0.05) is 32.0 Å². The molecule has 5 heteroatoms. The molecule has 0 aliphatic heterocycles. The summed E-state index contributed by atoms with van der Waals surface area (Å²) in [5.41, 5.74) is 3.04. The Bertz CT molecular complexity index is 701. The lowest BCUT2D eigenvalue weighted by Gasteiger charge is -2.18. The number of rotatable bonds is 5. The number of aryl methyl sites for hydroxylation is 1. The number of hydrogen-bond acceptors (Lipinski definition) is 3. The van der Waals surface area contributed by atoms with Crippen LogP contribution in [0.1, 0.15) is 37.8 Å². The highest BCUT2D eigenvalue weighted by atomic mass is 32.2. The summed E-state index contributed by atoms with van der Waals surface area (Å²) in [6.07, 6.45) is 1.44. The van der Waals surface area contributed by atoms with Crippen molar-refractivity contribution in [3.8, 4) is 0 Å². The highest BCUT2D eigenvalue weighted by Crippen LogP contribution is 2.28. The number of nitrogens with one attached hydrogen (secondary N) is 1. The molecule has 23 heavy (non-hydrogen) atoms. The summed E-state index contributed by atoms with van der Waals surface area (Å²) in [6.45, 7) is 8.00. The van der Waals surface area contributed by atoms with Gasteiger partial charge in [0, 0.05) is 17.8 Å². The Morgan fingerprint density at radius 3 is 2.57 bits per heavy atom. The lowest BCUT2D eigenvalue weighted by atomic mass is 9.98. The van der Waals surface area contributed by atoms with E-state index < -0.39 is 0 Å². The van der Waals surface area contributed by atoms with Crippen LogP contribution in [-0.4, -0.2) is 11.2 Å². The van der Waals surface area contributed by atoms with Crippen LogP contribution in [0, 0.1) is 12.1 Å². The number of benzene rings is 1. The maximum Gasteiger partial charge on any atom is 0.252 e. The summed E-state index contributed by atoms with van der Waals surface area (Å²) in [4.78, 5) is 12.5. The number of thioether (sulfide) groups is 1. The molecular weight excluding hydrogens is 308 g/mol. The first-order chi connectivity index (χ1) is 10.9. The van der Waals surface area contributed by atoms with Gasteiger partial charge in [0.05, 0.1) is 5.25 Å². The maximum atomic E-state index is 12.5. The highest BCUT2D eigenvalue weighted by Gasteiger charge is 2.20. The summed E-state index contributed by atoms with van der Waals surface area (Å²) in [6, 6.07) is 11.2. The SMILES string of the molecule is Cc1cccc(C(C)C)c1NC(=O)C(C)Sc1cccc[n+]1[O-]. The molecule has 2 rings (SSSR count). The molecule has 0 fully saturated rings. The van der Waals surface area contributed by atoms with Gasteiger partial charge < -0.3 is 10.5 Å². The van der Waals surface area contributed by atoms with Crippen LogP contribution in [0.2, 0.25) is 0 Å². The van der Waals surface area contributed by atoms with E-state index in [4.69, 9.17) is 0 Å². The molecule has 1 N–H and O–H groups in total. The van der Waals surface area contributed by atoms with Crippen LogP contribution in [0.5, 0.6) is 0 Å². The van der Waals surface area contributed by atoms with E-state index in [0.717, 1.165) is 21.5 Å². The minimum Gasteiger partial charge on any atom is -0.618 e. The molecule has 0 bridgehead atoms. The first kappa shape index (κ1) is 17.3. The predicted octanol–water partition coefficient (Wildman–Crippen LogP) is 3.87. The van der Waals surface area contributed by atoms with Crippen LogP contribution in [-0.2, 0) is 4.79 Å². The number of anilines is 1. The van der Waals surface area contributed by atoms with Crippen molar-refractivity contribution in [3.63, 3.8) is 0 Å². The maximum absolute atomic E-state index is 12.5.